The lowest BCUT2D eigenvalue weighted by atomic mass is 9.94. The number of aryl methyl sites for hydroxylation is 1. The predicted octanol–water partition coefficient (Wildman–Crippen LogP) is 4.01. The van der Waals surface area contributed by atoms with Gasteiger partial charge in [0.2, 0.25) is 15.9 Å². The molecule has 3 aliphatic rings. The molecule has 0 radical (unpaired) electrons. The molecular formula is C34H34BrN7O5S. The van der Waals surface area contributed by atoms with Crippen LogP contribution < -0.4 is 0 Å². The number of nitrogens with zero attached hydrogens (tertiary/aromatic N) is 7. The highest BCUT2D eigenvalue weighted by atomic mass is 79.9. The summed E-state index contributed by atoms with van der Waals surface area (Å²) in [5.74, 6) is -0.116. The Morgan fingerprint density at radius 3 is 2.60 bits per heavy atom. The second-order valence-corrected chi connectivity index (χ2v) is 16.0. The van der Waals surface area contributed by atoms with Gasteiger partial charge in [-0.15, -0.1) is 0 Å². The van der Waals surface area contributed by atoms with E-state index in [1.54, 1.807) is 49.5 Å². The average molecular weight is 733 g/mol. The number of rotatable bonds is 4. The van der Waals surface area contributed by atoms with E-state index in [0.717, 1.165) is 16.7 Å². The lowest BCUT2D eigenvalue weighted by Gasteiger charge is -2.27. The van der Waals surface area contributed by atoms with Crippen LogP contribution in [0.25, 0.3) is 28.1 Å². The Morgan fingerprint density at radius 1 is 1.08 bits per heavy atom. The van der Waals surface area contributed by atoms with Gasteiger partial charge in [-0.3, -0.25) is 19.1 Å². The van der Waals surface area contributed by atoms with E-state index >= 15 is 0 Å². The van der Waals surface area contributed by atoms with Crippen LogP contribution in [0.5, 0.6) is 0 Å². The Balaban J connectivity index is 1.24. The molecule has 0 N–H and O–H groups in total. The van der Waals surface area contributed by atoms with Crippen LogP contribution in [-0.2, 0) is 32.6 Å². The van der Waals surface area contributed by atoms with Crippen molar-refractivity contribution in [2.45, 2.75) is 58.2 Å². The second kappa shape index (κ2) is 12.1. The molecule has 248 valence electrons. The van der Waals surface area contributed by atoms with E-state index in [2.05, 4.69) is 36.0 Å². The average Bonchev–Trinajstić information content (AvgIpc) is 3.44. The summed E-state index contributed by atoms with van der Waals surface area (Å²) in [6.45, 7) is 3.27. The first-order chi connectivity index (χ1) is 22.8. The van der Waals surface area contributed by atoms with Crippen LogP contribution in [0, 0.1) is 12.3 Å². The number of hydrogen-bond donors (Lipinski definition) is 0. The molecule has 1 saturated carbocycles. The molecule has 1 spiro atoms. The first-order valence-corrected chi connectivity index (χ1v) is 18.2. The normalized spacial score (nSPS) is 23.8. The smallest absolute Gasteiger partial charge is 0.245 e. The van der Waals surface area contributed by atoms with Crippen molar-refractivity contribution >= 4 is 60.4 Å². The fraction of sp³-hybridized carbons (Fsp3) is 0.382. The number of likely N-dealkylation sites (tertiary alicyclic amines) is 1. The van der Waals surface area contributed by atoms with Gasteiger partial charge in [0.05, 0.1) is 29.4 Å². The zero-order valence-corrected chi connectivity index (χ0v) is 29.2. The maximum absolute atomic E-state index is 14.3. The van der Waals surface area contributed by atoms with E-state index in [1.807, 2.05) is 24.3 Å². The number of Topliss-reactive ketones (excluding diaryl/α,β-unsaturated/α-hetero) is 2. The standard InChI is InChI=1S/C34H34BrN7O5S/c1-20(43)33-25-12-23(24-16-36-21(2)37-17-24)7-9-27(25)41(39-33)18-32(45)42-28-14-34(15-30(34)42)19-40(3)48(46,47)11-5-4-6-22-8-10-31(35)38-26(22)13-29(28)44/h4,6-10,12,16-17,28,30H,5,11,13-15,18-19H2,1-3H3/t28-,30+,34-/m0/s1. The molecule has 2 bridgehead atoms. The summed E-state index contributed by atoms with van der Waals surface area (Å²) in [6.07, 6.45) is 8.33. The van der Waals surface area contributed by atoms with Crippen molar-refractivity contribution in [2.75, 3.05) is 19.3 Å². The van der Waals surface area contributed by atoms with Crippen molar-refractivity contribution in [2.24, 2.45) is 5.41 Å². The number of benzene rings is 1. The van der Waals surface area contributed by atoms with Crippen LogP contribution in [0.4, 0.5) is 0 Å². The van der Waals surface area contributed by atoms with E-state index in [0.29, 0.717) is 46.3 Å². The fourth-order valence-electron chi connectivity index (χ4n) is 7.17. The Morgan fingerprint density at radius 2 is 1.85 bits per heavy atom. The SMILES string of the molecule is CC(=O)c1nn(CC(=O)N2[C@H]3C[C@]4(C[C@@H]24)CN(C)S(=O)(=O)CCC=Cc2ccc(Br)nc2CC3=O)c2ccc(-c3cnc(C)nc3)cc12. The van der Waals surface area contributed by atoms with Crippen LogP contribution in [0.15, 0.2) is 53.4 Å². The fourth-order valence-corrected chi connectivity index (χ4v) is 8.71. The number of sulfonamides is 1. The largest absolute Gasteiger partial charge is 0.327 e. The number of amides is 1. The molecule has 12 nitrogen and oxygen atoms in total. The number of hydrogen-bond acceptors (Lipinski definition) is 9. The van der Waals surface area contributed by atoms with Gasteiger partial charge in [0.1, 0.15) is 22.7 Å². The molecule has 0 unspecified atom stereocenters. The summed E-state index contributed by atoms with van der Waals surface area (Å²) in [5.41, 5.74) is 3.19. The van der Waals surface area contributed by atoms with Crippen LogP contribution >= 0.6 is 15.9 Å². The predicted molar refractivity (Wildman–Crippen MR) is 182 cm³/mol. The summed E-state index contributed by atoms with van der Waals surface area (Å²) < 4.78 is 29.9. The summed E-state index contributed by atoms with van der Waals surface area (Å²) in [5, 5.41) is 5.17. The van der Waals surface area contributed by atoms with Crippen LogP contribution in [-0.4, -0.2) is 91.3 Å². The molecule has 2 fully saturated rings. The molecule has 1 saturated heterocycles. The van der Waals surface area contributed by atoms with Gasteiger partial charge in [0, 0.05) is 55.3 Å². The summed E-state index contributed by atoms with van der Waals surface area (Å²) in [7, 11) is -2.00. The van der Waals surface area contributed by atoms with Crippen LogP contribution in [0.1, 0.15) is 53.8 Å². The van der Waals surface area contributed by atoms with Crippen molar-refractivity contribution in [3.8, 4) is 11.1 Å². The number of carbonyl (C=O) groups excluding carboxylic acids is 3. The van der Waals surface area contributed by atoms with E-state index < -0.39 is 21.5 Å². The molecule has 3 atom stereocenters. The van der Waals surface area contributed by atoms with Crippen molar-refractivity contribution < 1.29 is 22.8 Å². The molecule has 2 aliphatic heterocycles. The first-order valence-electron chi connectivity index (χ1n) is 15.8. The number of ketones is 2. The molecule has 7 rings (SSSR count). The van der Waals surface area contributed by atoms with Gasteiger partial charge in [-0.25, -0.2) is 27.7 Å². The molecule has 5 heterocycles. The van der Waals surface area contributed by atoms with E-state index in [4.69, 9.17) is 0 Å². The molecule has 1 amide bonds. The minimum atomic E-state index is -3.57. The number of piperidine rings is 1. The number of carbonyl (C=O) groups is 3. The van der Waals surface area contributed by atoms with Gasteiger partial charge in [-0.1, -0.05) is 24.3 Å². The molecule has 48 heavy (non-hydrogen) atoms. The third-order valence-corrected chi connectivity index (χ3v) is 12.0. The summed E-state index contributed by atoms with van der Waals surface area (Å²) in [4.78, 5) is 55.8. The Kier molecular flexibility index (Phi) is 8.15. The van der Waals surface area contributed by atoms with Crippen LogP contribution in [0.2, 0.25) is 0 Å². The highest BCUT2D eigenvalue weighted by molar-refractivity contribution is 9.10. The van der Waals surface area contributed by atoms with E-state index in [1.165, 1.54) is 15.9 Å². The number of pyridine rings is 1. The minimum absolute atomic E-state index is 0.0230. The van der Waals surface area contributed by atoms with Crippen molar-refractivity contribution in [3.63, 3.8) is 0 Å². The topological polar surface area (TPSA) is 148 Å². The molecule has 4 aromatic rings. The lowest BCUT2D eigenvalue weighted by Crippen LogP contribution is -2.45. The van der Waals surface area contributed by atoms with Crippen molar-refractivity contribution in [3.05, 3.63) is 76.2 Å². The van der Waals surface area contributed by atoms with Gasteiger partial charge < -0.3 is 4.90 Å². The maximum Gasteiger partial charge on any atom is 0.245 e. The highest BCUT2D eigenvalue weighted by Gasteiger charge is 2.67. The number of aromatic nitrogens is 5. The van der Waals surface area contributed by atoms with Gasteiger partial charge in [-0.2, -0.15) is 5.10 Å². The third-order valence-electron chi connectivity index (χ3n) is 9.73. The van der Waals surface area contributed by atoms with E-state index in [9.17, 15) is 22.8 Å². The summed E-state index contributed by atoms with van der Waals surface area (Å²) >= 11 is 3.41. The van der Waals surface area contributed by atoms with Crippen LogP contribution in [0.3, 0.4) is 0 Å². The quantitative estimate of drug-likeness (QED) is 0.224. The zero-order chi connectivity index (χ0) is 34.0. The Hall–Kier alpha value is -4.14. The number of fused-ring (bicyclic) bond motifs is 3. The number of halogens is 1. The summed E-state index contributed by atoms with van der Waals surface area (Å²) in [6, 6.07) is 8.11. The Bertz CT molecular complexity index is 2130. The molecule has 1 aliphatic carbocycles. The lowest BCUT2D eigenvalue weighted by molar-refractivity contribution is -0.139. The van der Waals surface area contributed by atoms with Crippen molar-refractivity contribution in [1.82, 2.24) is 33.9 Å². The monoisotopic (exact) mass is 731 g/mol. The molecule has 3 aromatic heterocycles. The van der Waals surface area contributed by atoms with E-state index in [-0.39, 0.29) is 54.5 Å². The minimum Gasteiger partial charge on any atom is -0.327 e. The van der Waals surface area contributed by atoms with Gasteiger partial charge in [-0.05, 0) is 71.4 Å². The molecular weight excluding hydrogens is 698 g/mol. The van der Waals surface area contributed by atoms with Gasteiger partial charge >= 0.3 is 0 Å². The number of allylic oxidation sites excluding steroid dienone is 1. The van der Waals surface area contributed by atoms with Gasteiger partial charge in [0.25, 0.3) is 0 Å². The molecule has 1 aromatic carbocycles. The van der Waals surface area contributed by atoms with Crippen molar-refractivity contribution in [1.29, 1.82) is 0 Å². The zero-order valence-electron chi connectivity index (χ0n) is 26.8. The first kappa shape index (κ1) is 32.4. The maximum atomic E-state index is 14.3. The molecule has 14 heteroatoms. The third kappa shape index (κ3) is 5.90. The Labute approximate surface area is 286 Å². The van der Waals surface area contributed by atoms with Gasteiger partial charge in [0.15, 0.2) is 11.6 Å². The second-order valence-electron chi connectivity index (χ2n) is 13.0. The highest BCUT2D eigenvalue weighted by Crippen LogP contribution is 2.60.